The van der Waals surface area contributed by atoms with Crippen LogP contribution in [0.15, 0.2) is 18.2 Å². The van der Waals surface area contributed by atoms with Crippen molar-refractivity contribution < 1.29 is 4.39 Å². The largest absolute Gasteiger partial charge is 0.380 e. The molecule has 90 valence electrons. The van der Waals surface area contributed by atoms with Crippen molar-refractivity contribution in [3.63, 3.8) is 0 Å². The smallest absolute Gasteiger partial charge is 0.124 e. The summed E-state index contributed by atoms with van der Waals surface area (Å²) in [6, 6.07) is 6.76. The number of hydrogen-bond acceptors (Lipinski definition) is 3. The maximum atomic E-state index is 13.0. The molecule has 4 heteroatoms. The van der Waals surface area contributed by atoms with E-state index in [9.17, 15) is 4.39 Å². The zero-order valence-corrected chi connectivity index (χ0v) is 10.6. The summed E-state index contributed by atoms with van der Waals surface area (Å²) in [7, 11) is 0. The van der Waals surface area contributed by atoms with E-state index in [4.69, 9.17) is 5.26 Å². The molecule has 1 aliphatic rings. The van der Waals surface area contributed by atoms with Crippen molar-refractivity contribution in [2.75, 3.05) is 11.6 Å². The summed E-state index contributed by atoms with van der Waals surface area (Å²) in [6.07, 6.45) is 5.66. The summed E-state index contributed by atoms with van der Waals surface area (Å²) in [5.41, 5.74) is 1.14. The van der Waals surface area contributed by atoms with E-state index in [2.05, 4.69) is 11.6 Å². The third kappa shape index (κ3) is 2.73. The van der Waals surface area contributed by atoms with Gasteiger partial charge in [-0.3, -0.25) is 0 Å². The van der Waals surface area contributed by atoms with Gasteiger partial charge >= 0.3 is 0 Å². The highest BCUT2D eigenvalue weighted by Gasteiger charge is 2.26. The monoisotopic (exact) mass is 250 g/mol. The Balaban J connectivity index is 2.16. The number of benzene rings is 1. The average Bonchev–Trinajstić information content (AvgIpc) is 2.78. The molecule has 1 aliphatic carbocycles. The van der Waals surface area contributed by atoms with Crippen LogP contribution in [0, 0.1) is 17.1 Å². The molecule has 0 amide bonds. The fourth-order valence-electron chi connectivity index (χ4n) is 2.31. The number of nitriles is 1. The predicted octanol–water partition coefficient (Wildman–Crippen LogP) is 3.39. The number of hydrogen-bond donors (Lipinski definition) is 1. The van der Waals surface area contributed by atoms with Crippen LogP contribution in [-0.2, 0) is 0 Å². The zero-order chi connectivity index (χ0) is 12.3. The average molecular weight is 250 g/mol. The molecular formula is C13H15FN2S. The number of thioether (sulfide) groups is 1. The van der Waals surface area contributed by atoms with Gasteiger partial charge in [0.05, 0.1) is 11.3 Å². The van der Waals surface area contributed by atoms with E-state index in [1.807, 2.05) is 17.8 Å². The fourth-order valence-corrected chi connectivity index (χ4v) is 3.24. The summed E-state index contributed by atoms with van der Waals surface area (Å²) in [5.74, 6) is -0.361. The molecule has 0 spiro atoms. The standard InChI is InChI=1S/C13H15FN2S/c1-17-13-4-2-3-12(13)16-11-6-5-10(14)7-9(11)8-15/h5-7,12-13,16H,2-4H2,1H3. The lowest BCUT2D eigenvalue weighted by atomic mass is 10.1. The Hall–Kier alpha value is -1.21. The highest BCUT2D eigenvalue weighted by molar-refractivity contribution is 7.99. The van der Waals surface area contributed by atoms with Gasteiger partial charge in [-0.05, 0) is 37.3 Å². The number of rotatable bonds is 3. The molecule has 1 aromatic rings. The first kappa shape index (κ1) is 12.3. The van der Waals surface area contributed by atoms with E-state index in [1.54, 1.807) is 6.07 Å². The van der Waals surface area contributed by atoms with Crippen LogP contribution in [0.5, 0.6) is 0 Å². The SMILES string of the molecule is CSC1CCCC1Nc1ccc(F)cc1C#N. The van der Waals surface area contributed by atoms with Crippen LogP contribution in [0.2, 0.25) is 0 Å². The lowest BCUT2D eigenvalue weighted by Gasteiger charge is -2.21. The Bertz CT molecular complexity index is 442. The number of anilines is 1. The summed E-state index contributed by atoms with van der Waals surface area (Å²) >= 11 is 1.86. The van der Waals surface area contributed by atoms with Gasteiger partial charge in [-0.1, -0.05) is 6.42 Å². The van der Waals surface area contributed by atoms with Crippen LogP contribution >= 0.6 is 11.8 Å². The second-order valence-electron chi connectivity index (χ2n) is 4.26. The molecule has 17 heavy (non-hydrogen) atoms. The Morgan fingerprint density at radius 2 is 2.29 bits per heavy atom. The molecule has 2 atom stereocenters. The predicted molar refractivity (Wildman–Crippen MR) is 69.7 cm³/mol. The molecule has 0 aromatic heterocycles. The van der Waals surface area contributed by atoms with E-state index in [-0.39, 0.29) is 5.82 Å². The normalized spacial score (nSPS) is 23.4. The highest BCUT2D eigenvalue weighted by atomic mass is 32.2. The van der Waals surface area contributed by atoms with Crippen LogP contribution in [0.3, 0.4) is 0 Å². The van der Waals surface area contributed by atoms with Gasteiger partial charge in [0.15, 0.2) is 0 Å². The van der Waals surface area contributed by atoms with Crippen molar-refractivity contribution in [1.82, 2.24) is 0 Å². The van der Waals surface area contributed by atoms with Crippen molar-refractivity contribution >= 4 is 17.4 Å². The maximum absolute atomic E-state index is 13.0. The first-order valence-electron chi connectivity index (χ1n) is 5.73. The van der Waals surface area contributed by atoms with Crippen molar-refractivity contribution in [1.29, 1.82) is 5.26 Å². The fraction of sp³-hybridized carbons (Fsp3) is 0.462. The molecule has 1 aromatic carbocycles. The van der Waals surface area contributed by atoms with E-state index in [0.717, 1.165) is 12.1 Å². The molecule has 0 aliphatic heterocycles. The molecular weight excluding hydrogens is 235 g/mol. The molecule has 0 radical (unpaired) electrons. The Kier molecular flexibility index (Phi) is 3.90. The number of nitrogens with one attached hydrogen (secondary N) is 1. The van der Waals surface area contributed by atoms with Gasteiger partial charge in [0.2, 0.25) is 0 Å². The zero-order valence-electron chi connectivity index (χ0n) is 9.74. The van der Waals surface area contributed by atoms with Crippen molar-refractivity contribution in [2.24, 2.45) is 0 Å². The third-order valence-corrected chi connectivity index (χ3v) is 4.37. The Morgan fingerprint density at radius 3 is 3.00 bits per heavy atom. The minimum Gasteiger partial charge on any atom is -0.380 e. The van der Waals surface area contributed by atoms with Gasteiger partial charge in [0.1, 0.15) is 11.9 Å². The van der Waals surface area contributed by atoms with Crippen LogP contribution in [0.1, 0.15) is 24.8 Å². The van der Waals surface area contributed by atoms with Gasteiger partial charge < -0.3 is 5.32 Å². The second kappa shape index (κ2) is 5.42. The van der Waals surface area contributed by atoms with Crippen molar-refractivity contribution in [2.45, 2.75) is 30.6 Å². The summed E-state index contributed by atoms with van der Waals surface area (Å²) in [4.78, 5) is 0. The summed E-state index contributed by atoms with van der Waals surface area (Å²) in [5, 5.41) is 12.9. The molecule has 1 fully saturated rings. The Morgan fingerprint density at radius 1 is 1.47 bits per heavy atom. The summed E-state index contributed by atoms with van der Waals surface area (Å²) < 4.78 is 13.0. The minimum atomic E-state index is -0.361. The number of halogens is 1. The van der Waals surface area contributed by atoms with Crippen LogP contribution in [-0.4, -0.2) is 17.5 Å². The van der Waals surface area contributed by atoms with E-state index >= 15 is 0 Å². The molecule has 0 bridgehead atoms. The van der Waals surface area contributed by atoms with Gasteiger partial charge in [-0.15, -0.1) is 0 Å². The maximum Gasteiger partial charge on any atom is 0.124 e. The van der Waals surface area contributed by atoms with E-state index < -0.39 is 0 Å². The Labute approximate surface area is 105 Å². The summed E-state index contributed by atoms with van der Waals surface area (Å²) in [6.45, 7) is 0. The third-order valence-electron chi connectivity index (χ3n) is 3.20. The van der Waals surface area contributed by atoms with Gasteiger partial charge in [-0.25, -0.2) is 4.39 Å². The van der Waals surface area contributed by atoms with Gasteiger partial charge in [0.25, 0.3) is 0 Å². The minimum absolute atomic E-state index is 0.361. The van der Waals surface area contributed by atoms with Crippen LogP contribution in [0.25, 0.3) is 0 Å². The molecule has 0 heterocycles. The van der Waals surface area contributed by atoms with E-state index in [1.165, 1.54) is 25.0 Å². The molecule has 0 saturated heterocycles. The lowest BCUT2D eigenvalue weighted by molar-refractivity contribution is 0.627. The topological polar surface area (TPSA) is 35.8 Å². The highest BCUT2D eigenvalue weighted by Crippen LogP contribution is 2.31. The molecule has 1 saturated carbocycles. The van der Waals surface area contributed by atoms with Gasteiger partial charge in [0, 0.05) is 11.3 Å². The van der Waals surface area contributed by atoms with Crippen LogP contribution < -0.4 is 5.32 Å². The van der Waals surface area contributed by atoms with E-state index in [0.29, 0.717) is 16.9 Å². The lowest BCUT2D eigenvalue weighted by Crippen LogP contribution is -2.26. The number of nitrogens with zero attached hydrogens (tertiary/aromatic N) is 1. The van der Waals surface area contributed by atoms with Gasteiger partial charge in [-0.2, -0.15) is 17.0 Å². The van der Waals surface area contributed by atoms with Crippen molar-refractivity contribution in [3.05, 3.63) is 29.6 Å². The first-order valence-corrected chi connectivity index (χ1v) is 7.02. The molecule has 2 unspecified atom stereocenters. The quantitative estimate of drug-likeness (QED) is 0.893. The second-order valence-corrected chi connectivity index (χ2v) is 5.33. The molecule has 1 N–H and O–H groups in total. The van der Waals surface area contributed by atoms with Crippen LogP contribution in [0.4, 0.5) is 10.1 Å². The molecule has 2 nitrogen and oxygen atoms in total. The van der Waals surface area contributed by atoms with Crippen molar-refractivity contribution in [3.8, 4) is 6.07 Å². The first-order chi connectivity index (χ1) is 8.24. The molecule has 2 rings (SSSR count).